The van der Waals surface area contributed by atoms with Gasteiger partial charge in [-0.15, -0.1) is 0 Å². The Morgan fingerprint density at radius 3 is 2.17 bits per heavy atom. The Balaban J connectivity index is 2.33. The predicted octanol–water partition coefficient (Wildman–Crippen LogP) is 4.80. The number of carbonyl (C=O) groups is 1. The molecule has 4 heteroatoms. The first-order chi connectivity index (χ1) is 8.56. The molecule has 0 fully saturated rings. The van der Waals surface area contributed by atoms with E-state index in [0.29, 0.717) is 5.75 Å². The molecule has 2 aromatic carbocycles. The molecule has 0 heterocycles. The Labute approximate surface area is 122 Å². The number of esters is 1. The number of ether oxygens (including phenoxy) is 1. The van der Waals surface area contributed by atoms with E-state index in [9.17, 15) is 4.79 Å². The van der Waals surface area contributed by atoms with Gasteiger partial charge in [0.1, 0.15) is 5.75 Å². The molecule has 0 aliphatic carbocycles. The summed E-state index contributed by atoms with van der Waals surface area (Å²) in [6.07, 6.45) is 0. The van der Waals surface area contributed by atoms with Gasteiger partial charge in [-0.3, -0.25) is 4.79 Å². The number of hydrogen-bond donors (Lipinski definition) is 0. The van der Waals surface area contributed by atoms with E-state index in [2.05, 4.69) is 31.9 Å². The lowest BCUT2D eigenvalue weighted by molar-refractivity contribution is -0.131. The molecule has 0 spiro atoms. The molecular weight excluding hydrogens is 360 g/mol. The maximum absolute atomic E-state index is 10.9. The van der Waals surface area contributed by atoms with E-state index in [0.717, 1.165) is 20.1 Å². The summed E-state index contributed by atoms with van der Waals surface area (Å²) in [5.41, 5.74) is 2.17. The molecule has 2 rings (SSSR count). The first kappa shape index (κ1) is 13.3. The zero-order chi connectivity index (χ0) is 13.1. The normalized spacial score (nSPS) is 10.2. The fourth-order valence-electron chi connectivity index (χ4n) is 1.56. The van der Waals surface area contributed by atoms with Crippen LogP contribution < -0.4 is 4.74 Å². The molecule has 0 bridgehead atoms. The average molecular weight is 370 g/mol. The molecular formula is C14H10Br2O2. The van der Waals surface area contributed by atoms with Gasteiger partial charge < -0.3 is 4.74 Å². The molecule has 0 amide bonds. The third-order valence-electron chi connectivity index (χ3n) is 2.36. The van der Waals surface area contributed by atoms with E-state index >= 15 is 0 Å². The van der Waals surface area contributed by atoms with Crippen LogP contribution in [-0.4, -0.2) is 5.97 Å². The maximum Gasteiger partial charge on any atom is 0.308 e. The van der Waals surface area contributed by atoms with Gasteiger partial charge in [0.25, 0.3) is 0 Å². The lowest BCUT2D eigenvalue weighted by atomic mass is 10.1. The minimum absolute atomic E-state index is 0.327. The van der Waals surface area contributed by atoms with Crippen LogP contribution in [0, 0.1) is 0 Å². The molecule has 0 aromatic heterocycles. The molecule has 0 saturated carbocycles. The highest BCUT2D eigenvalue weighted by Crippen LogP contribution is 2.31. The van der Waals surface area contributed by atoms with E-state index < -0.39 is 0 Å². The number of hydrogen-bond acceptors (Lipinski definition) is 2. The van der Waals surface area contributed by atoms with Crippen LogP contribution in [0.5, 0.6) is 5.75 Å². The zero-order valence-electron chi connectivity index (χ0n) is 9.61. The van der Waals surface area contributed by atoms with Gasteiger partial charge in [-0.1, -0.05) is 34.1 Å². The Bertz CT molecular complexity index is 577. The quantitative estimate of drug-likeness (QED) is 0.561. The van der Waals surface area contributed by atoms with Crippen molar-refractivity contribution >= 4 is 37.8 Å². The summed E-state index contributed by atoms with van der Waals surface area (Å²) < 4.78 is 6.87. The molecule has 0 aliphatic rings. The molecule has 0 unspecified atom stereocenters. The van der Waals surface area contributed by atoms with Crippen molar-refractivity contribution in [3.8, 4) is 16.9 Å². The fraction of sp³-hybridized carbons (Fsp3) is 0.0714. The van der Waals surface area contributed by atoms with Crippen LogP contribution in [0.3, 0.4) is 0 Å². The Hall–Kier alpha value is -1.13. The smallest absolute Gasteiger partial charge is 0.308 e. The van der Waals surface area contributed by atoms with Crippen molar-refractivity contribution in [1.29, 1.82) is 0 Å². The van der Waals surface area contributed by atoms with Crippen LogP contribution >= 0.6 is 31.9 Å². The van der Waals surface area contributed by atoms with Crippen molar-refractivity contribution in [2.75, 3.05) is 0 Å². The number of halogens is 2. The van der Waals surface area contributed by atoms with Crippen molar-refractivity contribution in [3.05, 3.63) is 51.4 Å². The first-order valence-electron chi connectivity index (χ1n) is 5.30. The molecule has 0 saturated heterocycles. The average Bonchev–Trinajstić information content (AvgIpc) is 2.32. The second-order valence-electron chi connectivity index (χ2n) is 3.75. The SMILES string of the molecule is CC(=O)Oc1ccc(-c2ccc(Br)cc2)cc1Br. The molecule has 92 valence electrons. The van der Waals surface area contributed by atoms with E-state index in [1.165, 1.54) is 6.92 Å². The fourth-order valence-corrected chi connectivity index (χ4v) is 2.28. The topological polar surface area (TPSA) is 26.3 Å². The number of carbonyl (C=O) groups excluding carboxylic acids is 1. The van der Waals surface area contributed by atoms with Crippen molar-refractivity contribution in [2.24, 2.45) is 0 Å². The lowest BCUT2D eigenvalue weighted by Crippen LogP contribution is -2.01. The summed E-state index contributed by atoms with van der Waals surface area (Å²) in [5, 5.41) is 0. The highest BCUT2D eigenvalue weighted by atomic mass is 79.9. The van der Waals surface area contributed by atoms with E-state index in [1.807, 2.05) is 36.4 Å². The Morgan fingerprint density at radius 1 is 1.00 bits per heavy atom. The van der Waals surface area contributed by atoms with Crippen LogP contribution in [0.4, 0.5) is 0 Å². The second kappa shape index (κ2) is 5.67. The maximum atomic E-state index is 10.9. The van der Waals surface area contributed by atoms with E-state index in [1.54, 1.807) is 6.07 Å². The van der Waals surface area contributed by atoms with Gasteiger partial charge in [0.2, 0.25) is 0 Å². The molecule has 2 nitrogen and oxygen atoms in total. The highest BCUT2D eigenvalue weighted by Gasteiger charge is 2.06. The second-order valence-corrected chi connectivity index (χ2v) is 5.52. The van der Waals surface area contributed by atoms with Crippen LogP contribution in [0.2, 0.25) is 0 Å². The van der Waals surface area contributed by atoms with Crippen LogP contribution in [-0.2, 0) is 4.79 Å². The third kappa shape index (κ3) is 3.21. The Morgan fingerprint density at radius 2 is 1.61 bits per heavy atom. The molecule has 2 aromatic rings. The summed E-state index contributed by atoms with van der Waals surface area (Å²) in [6.45, 7) is 1.38. The lowest BCUT2D eigenvalue weighted by Gasteiger charge is -2.07. The van der Waals surface area contributed by atoms with Crippen LogP contribution in [0.1, 0.15) is 6.92 Å². The molecule has 0 radical (unpaired) electrons. The highest BCUT2D eigenvalue weighted by molar-refractivity contribution is 9.10. The minimum atomic E-state index is -0.327. The van der Waals surface area contributed by atoms with Gasteiger partial charge in [-0.2, -0.15) is 0 Å². The minimum Gasteiger partial charge on any atom is -0.426 e. The van der Waals surface area contributed by atoms with Crippen molar-refractivity contribution < 1.29 is 9.53 Å². The summed E-state index contributed by atoms with van der Waals surface area (Å²) in [5.74, 6) is 0.204. The van der Waals surface area contributed by atoms with Gasteiger partial charge in [0.05, 0.1) is 4.47 Å². The van der Waals surface area contributed by atoms with Crippen molar-refractivity contribution in [2.45, 2.75) is 6.92 Å². The van der Waals surface area contributed by atoms with Gasteiger partial charge in [0, 0.05) is 11.4 Å². The molecule has 0 atom stereocenters. The summed E-state index contributed by atoms with van der Waals surface area (Å²) in [6, 6.07) is 13.7. The van der Waals surface area contributed by atoms with Crippen LogP contribution in [0.25, 0.3) is 11.1 Å². The summed E-state index contributed by atoms with van der Waals surface area (Å²) in [4.78, 5) is 10.9. The predicted molar refractivity (Wildman–Crippen MR) is 78.6 cm³/mol. The zero-order valence-corrected chi connectivity index (χ0v) is 12.8. The molecule has 0 aliphatic heterocycles. The van der Waals surface area contributed by atoms with Crippen molar-refractivity contribution in [3.63, 3.8) is 0 Å². The Kier molecular flexibility index (Phi) is 4.19. The summed E-state index contributed by atoms with van der Waals surface area (Å²) in [7, 11) is 0. The van der Waals surface area contributed by atoms with E-state index in [-0.39, 0.29) is 5.97 Å². The van der Waals surface area contributed by atoms with Gasteiger partial charge in [-0.05, 0) is 51.3 Å². The van der Waals surface area contributed by atoms with E-state index in [4.69, 9.17) is 4.74 Å². The third-order valence-corrected chi connectivity index (χ3v) is 3.51. The largest absolute Gasteiger partial charge is 0.426 e. The summed E-state index contributed by atoms with van der Waals surface area (Å²) >= 11 is 6.81. The standard InChI is InChI=1S/C14H10Br2O2/c1-9(17)18-14-7-4-11(8-13(14)16)10-2-5-12(15)6-3-10/h2-8H,1H3. The number of benzene rings is 2. The van der Waals surface area contributed by atoms with Gasteiger partial charge in [0.15, 0.2) is 0 Å². The number of rotatable bonds is 2. The van der Waals surface area contributed by atoms with Crippen molar-refractivity contribution in [1.82, 2.24) is 0 Å². The molecule has 18 heavy (non-hydrogen) atoms. The monoisotopic (exact) mass is 368 g/mol. The van der Waals surface area contributed by atoms with Gasteiger partial charge >= 0.3 is 5.97 Å². The van der Waals surface area contributed by atoms with Crippen LogP contribution in [0.15, 0.2) is 51.4 Å². The first-order valence-corrected chi connectivity index (χ1v) is 6.89. The van der Waals surface area contributed by atoms with Gasteiger partial charge in [-0.25, -0.2) is 0 Å². The molecule has 0 N–H and O–H groups in total.